The fourth-order valence-corrected chi connectivity index (χ4v) is 2.00. The van der Waals surface area contributed by atoms with E-state index in [0.717, 1.165) is 6.07 Å². The molecule has 5 nitrogen and oxygen atoms in total. The molecule has 0 heterocycles. The Balaban J connectivity index is 2.72. The number of rotatable bonds is 5. The molecule has 0 atom stereocenters. The van der Waals surface area contributed by atoms with E-state index in [0.29, 0.717) is 11.8 Å². The van der Waals surface area contributed by atoms with Crippen molar-refractivity contribution in [2.24, 2.45) is 0 Å². The van der Waals surface area contributed by atoms with Crippen LogP contribution in [0.3, 0.4) is 0 Å². The van der Waals surface area contributed by atoms with E-state index in [1.54, 1.807) is 13.0 Å². The fraction of sp³-hybridized carbons (Fsp3) is 0.133. The summed E-state index contributed by atoms with van der Waals surface area (Å²) in [7, 11) is 0. The summed E-state index contributed by atoms with van der Waals surface area (Å²) in [5.41, 5.74) is 0.0387. The van der Waals surface area contributed by atoms with Gasteiger partial charge >= 0.3 is 0 Å². The van der Waals surface area contributed by atoms with Crippen molar-refractivity contribution >= 4 is 12.0 Å². The van der Waals surface area contributed by atoms with E-state index in [2.05, 4.69) is 0 Å². The minimum Gasteiger partial charge on any atom is -0.493 e. The van der Waals surface area contributed by atoms with Gasteiger partial charge in [0.25, 0.3) is 5.69 Å². The molecule has 0 saturated carbocycles. The molecule has 2 rings (SSSR count). The summed E-state index contributed by atoms with van der Waals surface area (Å²) in [6.07, 6.45) is 0.373. The topological polar surface area (TPSA) is 69.4 Å². The SMILES string of the molecule is CCOc1cc([N+](=O)[O-])c(C=O)cc1-c1ccccc1F. The Bertz CT molecular complexity index is 700. The molecule has 0 aliphatic carbocycles. The number of carbonyl (C=O) groups is 1. The van der Waals surface area contributed by atoms with Gasteiger partial charge in [-0.3, -0.25) is 14.9 Å². The lowest BCUT2D eigenvalue weighted by atomic mass is 10.0. The molecule has 0 amide bonds. The van der Waals surface area contributed by atoms with Gasteiger partial charge in [-0.25, -0.2) is 4.39 Å². The molecule has 108 valence electrons. The van der Waals surface area contributed by atoms with Crippen LogP contribution in [0.25, 0.3) is 11.1 Å². The lowest BCUT2D eigenvalue weighted by Crippen LogP contribution is -2.00. The molecule has 6 heteroatoms. The van der Waals surface area contributed by atoms with Gasteiger partial charge in [0.1, 0.15) is 11.6 Å². The average molecular weight is 289 g/mol. The summed E-state index contributed by atoms with van der Waals surface area (Å²) in [6.45, 7) is 1.98. The summed E-state index contributed by atoms with van der Waals surface area (Å²) in [4.78, 5) is 21.3. The third-order valence-electron chi connectivity index (χ3n) is 2.92. The minimum absolute atomic E-state index is 0.123. The van der Waals surface area contributed by atoms with Crippen molar-refractivity contribution in [2.45, 2.75) is 6.92 Å². The number of nitro benzene ring substituents is 1. The minimum atomic E-state index is -0.669. The van der Waals surface area contributed by atoms with E-state index in [-0.39, 0.29) is 29.2 Å². The Morgan fingerprint density at radius 2 is 2.00 bits per heavy atom. The molecule has 0 bridgehead atoms. The zero-order valence-corrected chi connectivity index (χ0v) is 11.2. The third-order valence-corrected chi connectivity index (χ3v) is 2.92. The van der Waals surface area contributed by atoms with Crippen molar-refractivity contribution in [1.29, 1.82) is 0 Å². The third kappa shape index (κ3) is 2.89. The van der Waals surface area contributed by atoms with E-state index in [1.165, 1.54) is 24.3 Å². The van der Waals surface area contributed by atoms with Crippen LogP contribution in [0.1, 0.15) is 17.3 Å². The molecule has 0 N–H and O–H groups in total. The molecule has 0 saturated heterocycles. The van der Waals surface area contributed by atoms with E-state index in [9.17, 15) is 19.3 Å². The van der Waals surface area contributed by atoms with Crippen molar-refractivity contribution in [3.8, 4) is 16.9 Å². The largest absolute Gasteiger partial charge is 0.493 e. The van der Waals surface area contributed by atoms with Crippen LogP contribution in [0.15, 0.2) is 36.4 Å². The van der Waals surface area contributed by atoms with Crippen molar-refractivity contribution in [3.63, 3.8) is 0 Å². The highest BCUT2D eigenvalue weighted by molar-refractivity contribution is 5.87. The van der Waals surface area contributed by atoms with E-state index < -0.39 is 10.7 Å². The van der Waals surface area contributed by atoms with Gasteiger partial charge in [0.05, 0.1) is 23.2 Å². The Morgan fingerprint density at radius 1 is 1.29 bits per heavy atom. The van der Waals surface area contributed by atoms with Crippen molar-refractivity contribution < 1.29 is 18.8 Å². The van der Waals surface area contributed by atoms with Gasteiger partial charge in [-0.2, -0.15) is 0 Å². The van der Waals surface area contributed by atoms with Crippen LogP contribution < -0.4 is 4.74 Å². The molecule has 2 aromatic carbocycles. The van der Waals surface area contributed by atoms with Crippen LogP contribution in [0, 0.1) is 15.9 Å². The van der Waals surface area contributed by atoms with Gasteiger partial charge in [0.15, 0.2) is 6.29 Å². The number of nitrogens with zero attached hydrogens (tertiary/aromatic N) is 1. The zero-order valence-electron chi connectivity index (χ0n) is 11.2. The van der Waals surface area contributed by atoms with Crippen LogP contribution in [-0.4, -0.2) is 17.8 Å². The van der Waals surface area contributed by atoms with Crippen molar-refractivity contribution in [1.82, 2.24) is 0 Å². The predicted molar refractivity (Wildman–Crippen MR) is 75.0 cm³/mol. The van der Waals surface area contributed by atoms with Gasteiger partial charge < -0.3 is 4.74 Å². The molecule has 0 spiro atoms. The van der Waals surface area contributed by atoms with Crippen LogP contribution in [0.5, 0.6) is 5.75 Å². The monoisotopic (exact) mass is 289 g/mol. The van der Waals surface area contributed by atoms with Crippen LogP contribution in [-0.2, 0) is 0 Å². The van der Waals surface area contributed by atoms with Gasteiger partial charge in [0.2, 0.25) is 0 Å². The number of halogens is 1. The number of hydrogen-bond acceptors (Lipinski definition) is 4. The van der Waals surface area contributed by atoms with Crippen molar-refractivity contribution in [2.75, 3.05) is 6.61 Å². The number of nitro groups is 1. The zero-order chi connectivity index (χ0) is 15.4. The molecule has 0 radical (unpaired) electrons. The maximum Gasteiger partial charge on any atom is 0.283 e. The number of carbonyl (C=O) groups excluding carboxylic acids is 1. The van der Waals surface area contributed by atoms with Gasteiger partial charge in [-0.05, 0) is 19.1 Å². The lowest BCUT2D eigenvalue weighted by molar-refractivity contribution is -0.385. The number of aldehydes is 1. The normalized spacial score (nSPS) is 10.2. The number of ether oxygens (including phenoxy) is 1. The molecule has 21 heavy (non-hydrogen) atoms. The second-order valence-electron chi connectivity index (χ2n) is 4.20. The summed E-state index contributed by atoms with van der Waals surface area (Å²) >= 11 is 0. The van der Waals surface area contributed by atoms with Gasteiger partial charge in [-0.1, -0.05) is 18.2 Å². The first kappa shape index (κ1) is 14.6. The van der Waals surface area contributed by atoms with E-state index in [4.69, 9.17) is 4.74 Å². The Labute approximate surface area is 120 Å². The first-order valence-electron chi connectivity index (χ1n) is 6.23. The van der Waals surface area contributed by atoms with Gasteiger partial charge in [-0.15, -0.1) is 0 Å². The van der Waals surface area contributed by atoms with E-state index >= 15 is 0 Å². The Kier molecular flexibility index (Phi) is 4.27. The average Bonchev–Trinajstić information content (AvgIpc) is 2.48. The van der Waals surface area contributed by atoms with Crippen LogP contribution in [0.2, 0.25) is 0 Å². The smallest absolute Gasteiger partial charge is 0.283 e. The lowest BCUT2D eigenvalue weighted by Gasteiger charge is -2.12. The second kappa shape index (κ2) is 6.13. The maximum absolute atomic E-state index is 13.9. The molecule has 0 fully saturated rings. The summed E-state index contributed by atoms with van der Waals surface area (Å²) < 4.78 is 19.3. The molecule has 2 aromatic rings. The predicted octanol–water partition coefficient (Wildman–Crippen LogP) is 3.61. The number of hydrogen-bond donors (Lipinski definition) is 0. The molecule has 0 aliphatic rings. The number of benzene rings is 2. The Morgan fingerprint density at radius 3 is 2.57 bits per heavy atom. The maximum atomic E-state index is 13.9. The first-order chi connectivity index (χ1) is 10.1. The molecular weight excluding hydrogens is 277 g/mol. The van der Waals surface area contributed by atoms with Crippen LogP contribution >= 0.6 is 0 Å². The summed E-state index contributed by atoms with van der Waals surface area (Å²) in [6, 6.07) is 8.38. The molecule has 0 unspecified atom stereocenters. The quantitative estimate of drug-likeness (QED) is 0.479. The summed E-state index contributed by atoms with van der Waals surface area (Å²) in [5, 5.41) is 11.0. The first-order valence-corrected chi connectivity index (χ1v) is 6.23. The van der Waals surface area contributed by atoms with Crippen molar-refractivity contribution in [3.05, 3.63) is 57.9 Å². The molecule has 0 aromatic heterocycles. The molecular formula is C15H12FNO4. The highest BCUT2D eigenvalue weighted by atomic mass is 19.1. The highest BCUT2D eigenvalue weighted by Gasteiger charge is 2.20. The highest BCUT2D eigenvalue weighted by Crippen LogP contribution is 2.36. The van der Waals surface area contributed by atoms with Crippen LogP contribution in [0.4, 0.5) is 10.1 Å². The standard InChI is InChI=1S/C15H12FNO4/c1-2-21-15-8-14(17(19)20)10(9-18)7-12(15)11-5-3-4-6-13(11)16/h3-9H,2H2,1H3. The molecule has 0 aliphatic heterocycles. The summed E-state index contributed by atoms with van der Waals surface area (Å²) in [5.74, 6) is -0.330. The van der Waals surface area contributed by atoms with Gasteiger partial charge in [0, 0.05) is 11.1 Å². The second-order valence-corrected chi connectivity index (χ2v) is 4.20. The fourth-order valence-electron chi connectivity index (χ4n) is 2.00. The van der Waals surface area contributed by atoms with E-state index in [1.807, 2.05) is 0 Å². The Hall–Kier alpha value is -2.76.